The Morgan fingerprint density at radius 1 is 1.38 bits per heavy atom. The minimum Gasteiger partial charge on any atom is -0.494 e. The van der Waals surface area contributed by atoms with Crippen LogP contribution in [0.1, 0.15) is 26.7 Å². The highest BCUT2D eigenvalue weighted by Gasteiger charge is 2.32. The molecule has 0 radical (unpaired) electrons. The predicted molar refractivity (Wildman–Crippen MR) is 104 cm³/mol. The van der Waals surface area contributed by atoms with Crippen LogP contribution >= 0.6 is 11.8 Å². The second-order valence-electron chi connectivity index (χ2n) is 5.96. The van der Waals surface area contributed by atoms with Crippen molar-refractivity contribution in [2.75, 3.05) is 25.6 Å². The van der Waals surface area contributed by atoms with Crippen molar-refractivity contribution in [1.29, 1.82) is 0 Å². The van der Waals surface area contributed by atoms with E-state index in [9.17, 15) is 9.59 Å². The highest BCUT2D eigenvalue weighted by Crippen LogP contribution is 2.24. The van der Waals surface area contributed by atoms with Gasteiger partial charge in [0, 0.05) is 19.2 Å². The first-order valence-electron chi connectivity index (χ1n) is 8.58. The summed E-state index contributed by atoms with van der Waals surface area (Å²) in [6.07, 6.45) is 1.03. The van der Waals surface area contributed by atoms with E-state index in [0.717, 1.165) is 12.2 Å². The maximum Gasteiger partial charge on any atom is 0.240 e. The van der Waals surface area contributed by atoms with Gasteiger partial charge in [-0.15, -0.1) is 0 Å². The highest BCUT2D eigenvalue weighted by atomic mass is 32.2. The zero-order valence-corrected chi connectivity index (χ0v) is 16.1. The van der Waals surface area contributed by atoms with E-state index < -0.39 is 5.25 Å². The van der Waals surface area contributed by atoms with Gasteiger partial charge in [-0.05, 0) is 37.6 Å². The maximum absolute atomic E-state index is 12.2. The summed E-state index contributed by atoms with van der Waals surface area (Å²) in [5, 5.41) is 5.57. The van der Waals surface area contributed by atoms with Gasteiger partial charge in [0.2, 0.25) is 11.8 Å². The lowest BCUT2D eigenvalue weighted by Gasteiger charge is -2.09. The third-order valence-corrected chi connectivity index (χ3v) is 4.60. The molecule has 142 valence electrons. The van der Waals surface area contributed by atoms with Crippen LogP contribution < -0.4 is 15.4 Å². The Morgan fingerprint density at radius 3 is 2.77 bits per heavy atom. The van der Waals surface area contributed by atoms with Crippen LogP contribution in [0.2, 0.25) is 0 Å². The lowest BCUT2D eigenvalue weighted by Crippen LogP contribution is -2.28. The number of aliphatic imine (C=N–C) groups is 1. The van der Waals surface area contributed by atoms with E-state index in [1.807, 2.05) is 26.0 Å². The Balaban J connectivity index is 1.84. The number of amidine groups is 1. The molecule has 2 atom stereocenters. The largest absolute Gasteiger partial charge is 0.494 e. The van der Waals surface area contributed by atoms with E-state index >= 15 is 0 Å². The van der Waals surface area contributed by atoms with Gasteiger partial charge in [0.15, 0.2) is 5.17 Å². The number of thioether (sulfide) groups is 1. The van der Waals surface area contributed by atoms with Gasteiger partial charge in [-0.2, -0.15) is 0 Å². The predicted octanol–water partition coefficient (Wildman–Crippen LogP) is 2.43. The number of carbonyl (C=O) groups excluding carboxylic acids is 2. The summed E-state index contributed by atoms with van der Waals surface area (Å²) >= 11 is 1.28. The van der Waals surface area contributed by atoms with E-state index in [4.69, 9.17) is 9.47 Å². The summed E-state index contributed by atoms with van der Waals surface area (Å²) in [6, 6.07) is 7.13. The van der Waals surface area contributed by atoms with Crippen LogP contribution in [0.15, 0.2) is 29.3 Å². The third kappa shape index (κ3) is 6.34. The van der Waals surface area contributed by atoms with Gasteiger partial charge in [-0.1, -0.05) is 18.7 Å². The number of benzene rings is 1. The van der Waals surface area contributed by atoms with Crippen molar-refractivity contribution in [1.82, 2.24) is 5.32 Å². The molecule has 1 aliphatic heterocycles. The molecule has 1 saturated heterocycles. The monoisotopic (exact) mass is 379 g/mol. The Labute approximate surface area is 157 Å². The van der Waals surface area contributed by atoms with E-state index in [0.29, 0.717) is 24.1 Å². The second kappa shape index (κ2) is 10.2. The number of hydrogen-bond acceptors (Lipinski definition) is 6. The average Bonchev–Trinajstić information content (AvgIpc) is 2.93. The summed E-state index contributed by atoms with van der Waals surface area (Å²) < 4.78 is 10.5. The van der Waals surface area contributed by atoms with Crippen molar-refractivity contribution in [3.05, 3.63) is 24.3 Å². The standard InChI is InChI=1S/C18H25N3O4S/c1-4-9-25-14-7-5-13(6-8-14)20-16(22)10-15-17(23)21-18(26-15)19-12(2)11-24-3/h5-8,12,15H,4,9-11H2,1-3H3,(H,20,22)(H,19,21,23). The maximum atomic E-state index is 12.2. The minimum atomic E-state index is -0.476. The molecule has 1 heterocycles. The Hall–Kier alpha value is -2.06. The lowest BCUT2D eigenvalue weighted by atomic mass is 10.2. The molecular formula is C18H25N3O4S. The number of amides is 2. The molecule has 2 N–H and O–H groups in total. The van der Waals surface area contributed by atoms with Crippen molar-refractivity contribution in [2.24, 2.45) is 4.99 Å². The molecule has 0 spiro atoms. The number of rotatable bonds is 9. The second-order valence-corrected chi connectivity index (χ2v) is 7.15. The van der Waals surface area contributed by atoms with Crippen LogP contribution in [0, 0.1) is 0 Å². The normalized spacial score (nSPS) is 19.3. The minimum absolute atomic E-state index is 0.0520. The molecule has 1 aromatic rings. The van der Waals surface area contributed by atoms with Crippen molar-refractivity contribution in [3.63, 3.8) is 0 Å². The summed E-state index contributed by atoms with van der Waals surface area (Å²) in [6.45, 7) is 5.08. The molecule has 0 saturated carbocycles. The average molecular weight is 379 g/mol. The Kier molecular flexibility index (Phi) is 7.93. The summed E-state index contributed by atoms with van der Waals surface area (Å²) in [5.74, 6) is 0.351. The number of methoxy groups -OCH3 is 1. The van der Waals surface area contributed by atoms with Crippen molar-refractivity contribution in [2.45, 2.75) is 38.0 Å². The topological polar surface area (TPSA) is 89.0 Å². The van der Waals surface area contributed by atoms with Crippen molar-refractivity contribution < 1.29 is 19.1 Å². The molecule has 8 heteroatoms. The van der Waals surface area contributed by atoms with E-state index in [1.54, 1.807) is 19.2 Å². The third-order valence-electron chi connectivity index (χ3n) is 3.50. The smallest absolute Gasteiger partial charge is 0.240 e. The van der Waals surface area contributed by atoms with Gasteiger partial charge in [-0.3, -0.25) is 14.6 Å². The van der Waals surface area contributed by atoms with Gasteiger partial charge in [0.25, 0.3) is 0 Å². The van der Waals surface area contributed by atoms with Gasteiger partial charge in [-0.25, -0.2) is 0 Å². The van der Waals surface area contributed by atoms with Crippen LogP contribution in [-0.4, -0.2) is 48.6 Å². The fraction of sp³-hybridized carbons (Fsp3) is 0.500. The van der Waals surface area contributed by atoms with Gasteiger partial charge in [0.05, 0.1) is 19.3 Å². The Morgan fingerprint density at radius 2 is 2.12 bits per heavy atom. The van der Waals surface area contributed by atoms with E-state index in [-0.39, 0.29) is 24.3 Å². The molecule has 0 aromatic heterocycles. The highest BCUT2D eigenvalue weighted by molar-refractivity contribution is 8.15. The first kappa shape index (κ1) is 20.3. The first-order chi connectivity index (χ1) is 12.5. The molecule has 2 amide bonds. The number of hydrogen-bond donors (Lipinski definition) is 2. The van der Waals surface area contributed by atoms with Crippen LogP contribution in [0.25, 0.3) is 0 Å². The molecule has 0 bridgehead atoms. The molecule has 7 nitrogen and oxygen atoms in total. The molecule has 1 aromatic carbocycles. The SMILES string of the molecule is CCCOc1ccc(NC(=O)CC2SC(=NC(C)COC)NC2=O)cc1. The number of nitrogens with one attached hydrogen (secondary N) is 2. The van der Waals surface area contributed by atoms with Crippen molar-refractivity contribution >= 4 is 34.4 Å². The summed E-state index contributed by atoms with van der Waals surface area (Å²) in [7, 11) is 1.60. The fourth-order valence-electron chi connectivity index (χ4n) is 2.31. The van der Waals surface area contributed by atoms with Crippen LogP contribution in [0.3, 0.4) is 0 Å². The molecular weight excluding hydrogens is 354 g/mol. The summed E-state index contributed by atoms with van der Waals surface area (Å²) in [4.78, 5) is 28.6. The molecule has 0 aliphatic carbocycles. The lowest BCUT2D eigenvalue weighted by molar-refractivity contribution is -0.122. The number of ether oxygens (including phenoxy) is 2. The van der Waals surface area contributed by atoms with E-state index in [2.05, 4.69) is 15.6 Å². The van der Waals surface area contributed by atoms with E-state index in [1.165, 1.54) is 11.8 Å². The summed E-state index contributed by atoms with van der Waals surface area (Å²) in [5.41, 5.74) is 0.671. The fourth-order valence-corrected chi connectivity index (χ4v) is 3.38. The van der Waals surface area contributed by atoms with Gasteiger partial charge in [0.1, 0.15) is 11.0 Å². The number of anilines is 1. The van der Waals surface area contributed by atoms with Crippen molar-refractivity contribution in [3.8, 4) is 5.75 Å². The number of nitrogens with zero attached hydrogens (tertiary/aromatic N) is 1. The molecule has 2 rings (SSSR count). The molecule has 26 heavy (non-hydrogen) atoms. The molecule has 2 unspecified atom stereocenters. The molecule has 1 aliphatic rings. The Bertz CT molecular complexity index is 648. The zero-order chi connectivity index (χ0) is 18.9. The zero-order valence-electron chi connectivity index (χ0n) is 15.3. The van der Waals surface area contributed by atoms with Gasteiger partial charge < -0.3 is 20.1 Å². The molecule has 1 fully saturated rings. The van der Waals surface area contributed by atoms with Gasteiger partial charge >= 0.3 is 0 Å². The van der Waals surface area contributed by atoms with Crippen LogP contribution in [0.5, 0.6) is 5.75 Å². The van der Waals surface area contributed by atoms with Crippen LogP contribution in [0.4, 0.5) is 5.69 Å². The quantitative estimate of drug-likeness (QED) is 0.688. The first-order valence-corrected chi connectivity index (χ1v) is 9.46. The number of carbonyl (C=O) groups is 2. The van der Waals surface area contributed by atoms with Crippen LogP contribution in [-0.2, 0) is 14.3 Å².